The highest BCUT2D eigenvalue weighted by Crippen LogP contribution is 2.27. The van der Waals surface area contributed by atoms with E-state index < -0.39 is 11.9 Å². The Kier molecular flexibility index (Phi) is 5.83. The number of nitrogens with one attached hydrogen (secondary N) is 1. The van der Waals surface area contributed by atoms with E-state index in [0.717, 1.165) is 16.3 Å². The van der Waals surface area contributed by atoms with E-state index in [2.05, 4.69) is 10.4 Å². The van der Waals surface area contributed by atoms with Crippen LogP contribution in [-0.4, -0.2) is 22.3 Å². The summed E-state index contributed by atoms with van der Waals surface area (Å²) in [7, 11) is 0. The van der Waals surface area contributed by atoms with Crippen LogP contribution < -0.4 is 10.1 Å². The number of ether oxygens (including phenoxy) is 1. The predicted octanol–water partition coefficient (Wildman–Crippen LogP) is 3.72. The van der Waals surface area contributed by atoms with Gasteiger partial charge in [-0.15, -0.1) is 0 Å². The maximum Gasteiger partial charge on any atom is 0.435 e. The number of benzene rings is 2. The van der Waals surface area contributed by atoms with Crippen molar-refractivity contribution in [3.63, 3.8) is 0 Å². The molecule has 2 aromatic carbocycles. The summed E-state index contributed by atoms with van der Waals surface area (Å²) in [5.41, 5.74) is 0.565. The Hall–Kier alpha value is -3.80. The molecule has 29 heavy (non-hydrogen) atoms. The Morgan fingerprint density at radius 3 is 2.59 bits per heavy atom. The van der Waals surface area contributed by atoms with Gasteiger partial charge in [0.15, 0.2) is 12.3 Å². The average Bonchev–Trinajstić information content (AvgIpc) is 3.22. The fourth-order valence-corrected chi connectivity index (χ4v) is 2.53. The van der Waals surface area contributed by atoms with Gasteiger partial charge in [-0.3, -0.25) is 4.79 Å². The number of nitriles is 1. The van der Waals surface area contributed by atoms with Gasteiger partial charge in [0.1, 0.15) is 11.8 Å². The van der Waals surface area contributed by atoms with Crippen LogP contribution in [-0.2, 0) is 12.7 Å². The molecular formula is C20H15F3N4O2. The zero-order valence-electron chi connectivity index (χ0n) is 15.0. The molecule has 0 saturated carbocycles. The van der Waals surface area contributed by atoms with Crippen molar-refractivity contribution >= 4 is 5.91 Å². The van der Waals surface area contributed by atoms with Gasteiger partial charge >= 0.3 is 6.18 Å². The Morgan fingerprint density at radius 1 is 1.17 bits per heavy atom. The van der Waals surface area contributed by atoms with Crippen molar-refractivity contribution < 1.29 is 22.7 Å². The van der Waals surface area contributed by atoms with Gasteiger partial charge in [0.2, 0.25) is 0 Å². The number of hydrogen-bond acceptors (Lipinski definition) is 4. The average molecular weight is 400 g/mol. The molecule has 0 saturated heterocycles. The van der Waals surface area contributed by atoms with Gasteiger partial charge in [-0.25, -0.2) is 4.68 Å². The van der Waals surface area contributed by atoms with Crippen LogP contribution in [0.1, 0.15) is 21.6 Å². The predicted molar refractivity (Wildman–Crippen MR) is 97.3 cm³/mol. The van der Waals surface area contributed by atoms with Crippen LogP contribution in [0.15, 0.2) is 60.8 Å². The lowest BCUT2D eigenvalue weighted by Crippen LogP contribution is -2.22. The SMILES string of the molecule is N#CCOc1cccc(CNC(=O)c2ccc(-n3ccc(C(F)(F)F)n3)cc2)c1. The highest BCUT2D eigenvalue weighted by molar-refractivity contribution is 5.94. The fourth-order valence-electron chi connectivity index (χ4n) is 2.53. The Labute approximate surface area is 164 Å². The third-order valence-electron chi connectivity index (χ3n) is 3.93. The third-order valence-corrected chi connectivity index (χ3v) is 3.93. The normalized spacial score (nSPS) is 11.0. The molecule has 0 atom stereocenters. The molecule has 9 heteroatoms. The maximum absolute atomic E-state index is 12.6. The molecule has 0 aliphatic rings. The third kappa shape index (κ3) is 5.13. The molecule has 1 aromatic heterocycles. The summed E-state index contributed by atoms with van der Waals surface area (Å²) in [6, 6.07) is 15.8. The number of hydrogen-bond donors (Lipinski definition) is 1. The molecule has 0 spiro atoms. The maximum atomic E-state index is 12.6. The standard InChI is InChI=1S/C20H15F3N4O2/c21-20(22,23)18-8-10-27(26-18)16-6-4-15(5-7-16)19(28)25-13-14-2-1-3-17(12-14)29-11-9-24/h1-8,10,12H,11,13H2,(H,25,28). The van der Waals surface area contributed by atoms with Crippen LogP contribution in [0.2, 0.25) is 0 Å². The fraction of sp³-hybridized carbons (Fsp3) is 0.150. The van der Waals surface area contributed by atoms with Crippen molar-refractivity contribution in [2.45, 2.75) is 12.7 Å². The summed E-state index contributed by atoms with van der Waals surface area (Å²) in [6.07, 6.45) is -3.30. The van der Waals surface area contributed by atoms with Gasteiger partial charge in [0.25, 0.3) is 5.91 Å². The number of aromatic nitrogens is 2. The molecule has 3 rings (SSSR count). The smallest absolute Gasteiger partial charge is 0.435 e. The minimum absolute atomic E-state index is 0.0666. The second-order valence-corrected chi connectivity index (χ2v) is 5.97. The number of carbonyl (C=O) groups excluding carboxylic acids is 1. The van der Waals surface area contributed by atoms with Crippen LogP contribution in [0.4, 0.5) is 13.2 Å². The van der Waals surface area contributed by atoms with Crippen molar-refractivity contribution in [2.75, 3.05) is 6.61 Å². The van der Waals surface area contributed by atoms with E-state index in [1.165, 1.54) is 30.5 Å². The summed E-state index contributed by atoms with van der Waals surface area (Å²) in [4.78, 5) is 12.3. The van der Waals surface area contributed by atoms with Crippen LogP contribution in [0.5, 0.6) is 5.75 Å². The molecule has 3 aromatic rings. The zero-order chi connectivity index (χ0) is 20.9. The number of amides is 1. The van der Waals surface area contributed by atoms with Crippen LogP contribution in [0.25, 0.3) is 5.69 Å². The molecule has 0 aliphatic heterocycles. The largest absolute Gasteiger partial charge is 0.479 e. The van der Waals surface area contributed by atoms with Gasteiger partial charge in [-0.05, 0) is 48.0 Å². The van der Waals surface area contributed by atoms with Crippen molar-refractivity contribution in [2.24, 2.45) is 0 Å². The molecule has 0 unspecified atom stereocenters. The molecular weight excluding hydrogens is 385 g/mol. The van der Waals surface area contributed by atoms with Crippen molar-refractivity contribution in [3.05, 3.63) is 77.6 Å². The van der Waals surface area contributed by atoms with E-state index >= 15 is 0 Å². The molecule has 1 amide bonds. The number of nitrogens with zero attached hydrogens (tertiary/aromatic N) is 3. The number of halogens is 3. The molecule has 6 nitrogen and oxygen atoms in total. The van der Waals surface area contributed by atoms with Crippen molar-refractivity contribution in [1.82, 2.24) is 15.1 Å². The molecule has 0 radical (unpaired) electrons. The summed E-state index contributed by atoms with van der Waals surface area (Å²) in [6.45, 7) is 0.182. The summed E-state index contributed by atoms with van der Waals surface area (Å²) in [5, 5.41) is 14.8. The molecule has 0 bridgehead atoms. The monoisotopic (exact) mass is 400 g/mol. The van der Waals surface area contributed by atoms with E-state index in [1.54, 1.807) is 24.3 Å². The van der Waals surface area contributed by atoms with Crippen LogP contribution in [0, 0.1) is 11.3 Å². The van der Waals surface area contributed by atoms with Gasteiger partial charge in [0, 0.05) is 18.3 Å². The number of rotatable bonds is 6. The second kappa shape index (κ2) is 8.48. The lowest BCUT2D eigenvalue weighted by molar-refractivity contribution is -0.141. The van der Waals surface area contributed by atoms with E-state index in [9.17, 15) is 18.0 Å². The number of alkyl halides is 3. The minimum atomic E-state index is -4.51. The zero-order valence-corrected chi connectivity index (χ0v) is 15.0. The topological polar surface area (TPSA) is 79.9 Å². The first kappa shape index (κ1) is 19.9. The second-order valence-electron chi connectivity index (χ2n) is 5.97. The highest BCUT2D eigenvalue weighted by Gasteiger charge is 2.33. The van der Waals surface area contributed by atoms with Gasteiger partial charge < -0.3 is 10.1 Å². The first-order valence-electron chi connectivity index (χ1n) is 8.47. The summed E-state index contributed by atoms with van der Waals surface area (Å²) in [5.74, 6) is 0.191. The van der Waals surface area contributed by atoms with Crippen molar-refractivity contribution in [1.29, 1.82) is 5.26 Å². The van der Waals surface area contributed by atoms with Gasteiger partial charge in [-0.2, -0.15) is 23.5 Å². The highest BCUT2D eigenvalue weighted by atomic mass is 19.4. The van der Waals surface area contributed by atoms with Gasteiger partial charge in [-0.1, -0.05) is 12.1 Å². The Morgan fingerprint density at radius 2 is 1.93 bits per heavy atom. The Balaban J connectivity index is 1.62. The first-order chi connectivity index (χ1) is 13.9. The summed E-state index contributed by atoms with van der Waals surface area (Å²) < 4.78 is 44.2. The number of carbonyl (C=O) groups is 1. The van der Waals surface area contributed by atoms with Gasteiger partial charge in [0.05, 0.1) is 5.69 Å². The molecule has 148 valence electrons. The summed E-state index contributed by atoms with van der Waals surface area (Å²) >= 11 is 0. The molecule has 1 N–H and O–H groups in total. The molecule has 0 fully saturated rings. The first-order valence-corrected chi connectivity index (χ1v) is 8.47. The minimum Gasteiger partial charge on any atom is -0.479 e. The van der Waals surface area contributed by atoms with E-state index in [-0.39, 0.29) is 19.1 Å². The Bertz CT molecular complexity index is 1040. The van der Waals surface area contributed by atoms with Crippen LogP contribution in [0.3, 0.4) is 0 Å². The lowest BCUT2D eigenvalue weighted by atomic mass is 10.1. The van der Waals surface area contributed by atoms with Crippen molar-refractivity contribution in [3.8, 4) is 17.5 Å². The lowest BCUT2D eigenvalue weighted by Gasteiger charge is -2.08. The van der Waals surface area contributed by atoms with Crippen LogP contribution >= 0.6 is 0 Å². The molecule has 1 heterocycles. The van der Waals surface area contributed by atoms with E-state index in [1.807, 2.05) is 6.07 Å². The molecule has 0 aliphatic carbocycles. The quantitative estimate of drug-likeness (QED) is 0.684. The van der Waals surface area contributed by atoms with E-state index in [0.29, 0.717) is 17.0 Å². The van der Waals surface area contributed by atoms with E-state index in [4.69, 9.17) is 10.00 Å².